The molecule has 0 atom stereocenters. The number of sulfonamides is 1. The third kappa shape index (κ3) is 5.35. The van der Waals surface area contributed by atoms with Crippen molar-refractivity contribution in [3.63, 3.8) is 0 Å². The van der Waals surface area contributed by atoms with Crippen LogP contribution < -0.4 is 9.62 Å². The quantitative estimate of drug-likeness (QED) is 0.512. The number of hydrogen-bond donors (Lipinski definition) is 1. The Morgan fingerprint density at radius 1 is 1.00 bits per heavy atom. The van der Waals surface area contributed by atoms with Crippen LogP contribution in [0.2, 0.25) is 5.02 Å². The summed E-state index contributed by atoms with van der Waals surface area (Å²) in [7, 11) is -3.91. The van der Waals surface area contributed by atoms with Crippen molar-refractivity contribution in [3.05, 3.63) is 83.1 Å². The van der Waals surface area contributed by atoms with E-state index in [4.69, 9.17) is 11.6 Å². The number of carbonyl (C=O) groups is 1. The summed E-state index contributed by atoms with van der Waals surface area (Å²) in [5, 5.41) is 0.336. The standard InChI is InChI=1S/C24H25ClN4O3S/c1-2-28-13-15-29(16-14-28)20-4-6-21(7-5-20)33(31,32)27-23-8-3-19(25)17-22(23)24(30)18-9-11-26-12-10-18/h3-12,17,27H,2,13-16H2,1H3. The number of hydrogen-bond acceptors (Lipinski definition) is 6. The van der Waals surface area contributed by atoms with Gasteiger partial charge >= 0.3 is 0 Å². The lowest BCUT2D eigenvalue weighted by atomic mass is 10.0. The zero-order valence-electron chi connectivity index (χ0n) is 18.2. The van der Waals surface area contributed by atoms with Gasteiger partial charge in [0.15, 0.2) is 5.78 Å². The SMILES string of the molecule is CCN1CCN(c2ccc(S(=O)(=O)Nc3ccc(Cl)cc3C(=O)c3ccncc3)cc2)CC1. The van der Waals surface area contributed by atoms with Crippen LogP contribution in [0.25, 0.3) is 0 Å². The number of carbonyl (C=O) groups excluding carboxylic acids is 1. The van der Waals surface area contributed by atoms with Crippen LogP contribution in [0, 0.1) is 0 Å². The maximum absolute atomic E-state index is 13.1. The number of halogens is 1. The monoisotopic (exact) mass is 484 g/mol. The molecule has 4 rings (SSSR count). The Morgan fingerprint density at radius 3 is 2.30 bits per heavy atom. The van der Waals surface area contributed by atoms with Gasteiger partial charge in [0.25, 0.3) is 10.0 Å². The summed E-state index contributed by atoms with van der Waals surface area (Å²) in [5.74, 6) is -0.348. The van der Waals surface area contributed by atoms with Gasteiger partial charge < -0.3 is 9.80 Å². The fourth-order valence-corrected chi connectivity index (χ4v) is 5.07. The van der Waals surface area contributed by atoms with E-state index >= 15 is 0 Å². The smallest absolute Gasteiger partial charge is 0.261 e. The first kappa shape index (κ1) is 23.2. The Hall–Kier alpha value is -2.94. The summed E-state index contributed by atoms with van der Waals surface area (Å²) < 4.78 is 28.7. The maximum atomic E-state index is 13.1. The molecule has 0 radical (unpaired) electrons. The molecule has 33 heavy (non-hydrogen) atoms. The number of likely N-dealkylation sites (N-methyl/N-ethyl adjacent to an activating group) is 1. The van der Waals surface area contributed by atoms with Crippen LogP contribution in [0.15, 0.2) is 71.9 Å². The summed E-state index contributed by atoms with van der Waals surface area (Å²) in [6.45, 7) is 6.98. The molecule has 3 aromatic rings. The molecular formula is C24H25ClN4O3S. The van der Waals surface area contributed by atoms with Crippen molar-refractivity contribution in [1.29, 1.82) is 0 Å². The molecule has 1 saturated heterocycles. The molecular weight excluding hydrogens is 460 g/mol. The van der Waals surface area contributed by atoms with Crippen molar-refractivity contribution in [1.82, 2.24) is 9.88 Å². The molecule has 2 aromatic carbocycles. The average Bonchev–Trinajstić information content (AvgIpc) is 2.85. The highest BCUT2D eigenvalue weighted by Crippen LogP contribution is 2.27. The Labute approximate surface area is 199 Å². The molecule has 1 aliphatic heterocycles. The minimum atomic E-state index is -3.91. The fraction of sp³-hybridized carbons (Fsp3) is 0.250. The van der Waals surface area contributed by atoms with E-state index in [1.165, 1.54) is 24.5 Å². The van der Waals surface area contributed by atoms with Gasteiger partial charge in [0.1, 0.15) is 0 Å². The van der Waals surface area contributed by atoms with E-state index in [9.17, 15) is 13.2 Å². The number of pyridine rings is 1. The van der Waals surface area contributed by atoms with E-state index in [0.717, 1.165) is 38.4 Å². The topological polar surface area (TPSA) is 82.6 Å². The predicted molar refractivity (Wildman–Crippen MR) is 131 cm³/mol. The molecule has 9 heteroatoms. The van der Waals surface area contributed by atoms with E-state index in [2.05, 4.69) is 26.4 Å². The molecule has 0 unspecified atom stereocenters. The van der Waals surface area contributed by atoms with Gasteiger partial charge in [0, 0.05) is 60.4 Å². The van der Waals surface area contributed by atoms with E-state index in [-0.39, 0.29) is 21.9 Å². The van der Waals surface area contributed by atoms with Gasteiger partial charge in [-0.25, -0.2) is 8.42 Å². The Morgan fingerprint density at radius 2 is 1.67 bits per heavy atom. The predicted octanol–water partition coefficient (Wildman–Crippen LogP) is 3.91. The number of ketones is 1. The molecule has 1 fully saturated rings. The van der Waals surface area contributed by atoms with Crippen LogP contribution in [0.5, 0.6) is 0 Å². The summed E-state index contributed by atoms with van der Waals surface area (Å²) >= 11 is 6.10. The number of nitrogens with one attached hydrogen (secondary N) is 1. The molecule has 0 bridgehead atoms. The van der Waals surface area contributed by atoms with Crippen molar-refractivity contribution < 1.29 is 13.2 Å². The Bertz CT molecular complexity index is 1230. The van der Waals surface area contributed by atoms with Crippen LogP contribution in [0.4, 0.5) is 11.4 Å². The summed E-state index contributed by atoms with van der Waals surface area (Å²) in [6.07, 6.45) is 3.01. The van der Waals surface area contributed by atoms with E-state index in [1.807, 2.05) is 12.1 Å². The van der Waals surface area contributed by atoms with E-state index in [1.54, 1.807) is 30.3 Å². The molecule has 0 saturated carbocycles. The number of anilines is 2. The highest BCUT2D eigenvalue weighted by atomic mass is 35.5. The van der Waals surface area contributed by atoms with Crippen molar-refractivity contribution in [2.75, 3.05) is 42.3 Å². The van der Waals surface area contributed by atoms with Crippen LogP contribution in [0.1, 0.15) is 22.8 Å². The summed E-state index contributed by atoms with van der Waals surface area (Å²) in [4.78, 5) is 21.6. The number of nitrogens with zero attached hydrogens (tertiary/aromatic N) is 3. The lowest BCUT2D eigenvalue weighted by molar-refractivity contribution is 0.103. The number of rotatable bonds is 7. The summed E-state index contributed by atoms with van der Waals surface area (Å²) in [6, 6.07) is 14.5. The van der Waals surface area contributed by atoms with Crippen molar-refractivity contribution >= 4 is 38.8 Å². The normalized spacial score (nSPS) is 14.8. The molecule has 0 aliphatic carbocycles. The second kappa shape index (κ2) is 9.91. The number of benzene rings is 2. The second-order valence-electron chi connectivity index (χ2n) is 7.78. The minimum absolute atomic E-state index is 0.121. The van der Waals surface area contributed by atoms with Crippen LogP contribution in [0.3, 0.4) is 0 Å². The first-order valence-electron chi connectivity index (χ1n) is 10.7. The molecule has 7 nitrogen and oxygen atoms in total. The molecule has 0 spiro atoms. The van der Waals surface area contributed by atoms with Crippen molar-refractivity contribution in [2.24, 2.45) is 0 Å². The number of piperazine rings is 1. The minimum Gasteiger partial charge on any atom is -0.369 e. The zero-order valence-corrected chi connectivity index (χ0v) is 19.8. The van der Waals surface area contributed by atoms with Gasteiger partial charge in [-0.1, -0.05) is 18.5 Å². The molecule has 0 amide bonds. The third-order valence-corrected chi connectivity index (χ3v) is 7.36. The van der Waals surface area contributed by atoms with Crippen molar-refractivity contribution in [2.45, 2.75) is 11.8 Å². The van der Waals surface area contributed by atoms with Gasteiger partial charge in [0.05, 0.1) is 10.6 Å². The molecule has 1 aliphatic rings. The van der Waals surface area contributed by atoms with E-state index < -0.39 is 10.0 Å². The van der Waals surface area contributed by atoms with Crippen LogP contribution in [-0.2, 0) is 10.0 Å². The van der Waals surface area contributed by atoms with Crippen LogP contribution >= 0.6 is 11.6 Å². The molecule has 2 heterocycles. The molecule has 172 valence electrons. The maximum Gasteiger partial charge on any atom is 0.261 e. The fourth-order valence-electron chi connectivity index (χ4n) is 3.81. The first-order chi connectivity index (χ1) is 15.9. The summed E-state index contributed by atoms with van der Waals surface area (Å²) in [5.41, 5.74) is 1.72. The van der Waals surface area contributed by atoms with Crippen LogP contribution in [-0.4, -0.2) is 56.8 Å². The lowest BCUT2D eigenvalue weighted by Gasteiger charge is -2.35. The highest BCUT2D eigenvalue weighted by molar-refractivity contribution is 7.92. The first-order valence-corrected chi connectivity index (χ1v) is 12.6. The largest absolute Gasteiger partial charge is 0.369 e. The molecule has 1 N–H and O–H groups in total. The van der Waals surface area contributed by atoms with Gasteiger partial charge in [-0.05, 0) is 61.1 Å². The zero-order chi connectivity index (χ0) is 23.4. The van der Waals surface area contributed by atoms with Crippen molar-refractivity contribution in [3.8, 4) is 0 Å². The van der Waals surface area contributed by atoms with Gasteiger partial charge in [0.2, 0.25) is 0 Å². The lowest BCUT2D eigenvalue weighted by Crippen LogP contribution is -2.46. The van der Waals surface area contributed by atoms with E-state index in [0.29, 0.717) is 10.6 Å². The highest BCUT2D eigenvalue weighted by Gasteiger charge is 2.21. The third-order valence-electron chi connectivity index (χ3n) is 5.74. The Kier molecular flexibility index (Phi) is 6.97. The Balaban J connectivity index is 1.55. The van der Waals surface area contributed by atoms with Gasteiger partial charge in [-0.2, -0.15) is 0 Å². The van der Waals surface area contributed by atoms with Gasteiger partial charge in [-0.3, -0.25) is 14.5 Å². The second-order valence-corrected chi connectivity index (χ2v) is 9.89. The van der Waals surface area contributed by atoms with Gasteiger partial charge in [-0.15, -0.1) is 0 Å². The number of aromatic nitrogens is 1. The molecule has 1 aromatic heterocycles. The average molecular weight is 485 g/mol.